The molecule has 1 amide bonds. The van der Waals surface area contributed by atoms with Gasteiger partial charge in [0.25, 0.3) is 0 Å². The number of nitrogens with zero attached hydrogens (tertiary/aromatic N) is 2. The van der Waals surface area contributed by atoms with Crippen molar-refractivity contribution in [2.45, 2.75) is 51.5 Å². The molecule has 1 aliphatic carbocycles. The third kappa shape index (κ3) is 5.25. The molecule has 7 heteroatoms. The molecule has 194 valence electrons. The first-order valence-electron chi connectivity index (χ1n) is 12.8. The smallest absolute Gasteiger partial charge is 0.337 e. The molecule has 6 nitrogen and oxygen atoms in total. The highest BCUT2D eigenvalue weighted by Crippen LogP contribution is 2.49. The van der Waals surface area contributed by atoms with E-state index < -0.39 is 5.97 Å². The zero-order chi connectivity index (χ0) is 26.0. The van der Waals surface area contributed by atoms with Crippen molar-refractivity contribution in [2.75, 3.05) is 38.8 Å². The van der Waals surface area contributed by atoms with E-state index in [1.165, 1.54) is 20.0 Å². The molecule has 0 aromatic heterocycles. The van der Waals surface area contributed by atoms with Crippen LogP contribution < -0.4 is 9.64 Å². The van der Waals surface area contributed by atoms with E-state index in [-0.39, 0.29) is 23.3 Å². The topological polar surface area (TPSA) is 59.1 Å². The molecule has 0 N–H and O–H groups in total. The van der Waals surface area contributed by atoms with Crippen molar-refractivity contribution >= 4 is 29.2 Å². The summed E-state index contributed by atoms with van der Waals surface area (Å²) in [6.45, 7) is 8.83. The lowest BCUT2D eigenvalue weighted by atomic mass is 9.76. The van der Waals surface area contributed by atoms with Crippen molar-refractivity contribution in [3.8, 4) is 5.75 Å². The zero-order valence-corrected chi connectivity index (χ0v) is 22.7. The van der Waals surface area contributed by atoms with Gasteiger partial charge >= 0.3 is 5.97 Å². The Bertz CT molecular complexity index is 1110. The summed E-state index contributed by atoms with van der Waals surface area (Å²) in [5.41, 5.74) is 1.94. The van der Waals surface area contributed by atoms with E-state index in [0.717, 1.165) is 24.4 Å². The average molecular weight is 513 g/mol. The van der Waals surface area contributed by atoms with E-state index in [0.29, 0.717) is 35.1 Å². The van der Waals surface area contributed by atoms with Crippen LogP contribution >= 0.6 is 11.6 Å². The fraction of sp³-hybridized carbons (Fsp3) is 0.517. The fourth-order valence-corrected chi connectivity index (χ4v) is 5.87. The van der Waals surface area contributed by atoms with Crippen LogP contribution in [0.25, 0.3) is 0 Å². The van der Waals surface area contributed by atoms with Gasteiger partial charge in [0.05, 0.1) is 31.4 Å². The second-order valence-corrected chi connectivity index (χ2v) is 10.9. The fourth-order valence-electron chi connectivity index (χ4n) is 5.67. The van der Waals surface area contributed by atoms with Crippen molar-refractivity contribution in [3.63, 3.8) is 0 Å². The van der Waals surface area contributed by atoms with E-state index in [1.54, 1.807) is 25.3 Å². The summed E-state index contributed by atoms with van der Waals surface area (Å²) >= 11 is 6.41. The number of rotatable bonds is 9. The first-order valence-corrected chi connectivity index (χ1v) is 13.2. The Balaban J connectivity index is 1.74. The molecule has 4 rings (SSSR count). The lowest BCUT2D eigenvalue weighted by Crippen LogP contribution is -2.43. The summed E-state index contributed by atoms with van der Waals surface area (Å²) in [7, 11) is 2.90. The standard InChI is InChI=1S/C29H37ClN2O4/c1-6-14-32(24-13-12-21(28(34)36-5)16-25(24)35-4)27(33)23-18-31(17-19-10-11-19)29(2,3)26(23)20-8-7-9-22(30)15-20/h7-9,12-13,15-16,19,23,26H,6,10-11,14,17-18H2,1-5H3/t23-,26?/m1/s1. The van der Waals surface area contributed by atoms with Crippen LogP contribution in [0.5, 0.6) is 5.75 Å². The molecule has 1 heterocycles. The number of hydrogen-bond donors (Lipinski definition) is 0. The highest BCUT2D eigenvalue weighted by molar-refractivity contribution is 6.30. The van der Waals surface area contributed by atoms with Gasteiger partial charge in [-0.2, -0.15) is 0 Å². The monoisotopic (exact) mass is 512 g/mol. The largest absolute Gasteiger partial charge is 0.495 e. The maximum atomic E-state index is 14.4. The molecule has 1 saturated carbocycles. The number of carbonyl (C=O) groups excluding carboxylic acids is 2. The summed E-state index contributed by atoms with van der Waals surface area (Å²) in [4.78, 5) is 30.8. The maximum absolute atomic E-state index is 14.4. The molecule has 0 spiro atoms. The molecule has 0 radical (unpaired) electrons. The van der Waals surface area contributed by atoms with E-state index in [4.69, 9.17) is 21.1 Å². The molecular formula is C29H37ClN2O4. The minimum Gasteiger partial charge on any atom is -0.495 e. The van der Waals surface area contributed by atoms with Crippen LogP contribution in [0.3, 0.4) is 0 Å². The van der Waals surface area contributed by atoms with Gasteiger partial charge in [-0.3, -0.25) is 9.69 Å². The molecule has 0 bridgehead atoms. The number of benzene rings is 2. The van der Waals surface area contributed by atoms with Gasteiger partial charge in [-0.25, -0.2) is 4.79 Å². The molecule has 1 aliphatic heterocycles. The Kier molecular flexibility index (Phi) is 7.96. The normalized spacial score (nSPS) is 21.3. The molecule has 2 aromatic rings. The zero-order valence-electron chi connectivity index (χ0n) is 21.9. The Hall–Kier alpha value is -2.57. The number of anilines is 1. The van der Waals surface area contributed by atoms with Gasteiger partial charge in [0.2, 0.25) is 5.91 Å². The Morgan fingerprint density at radius 3 is 2.50 bits per heavy atom. The maximum Gasteiger partial charge on any atom is 0.337 e. The van der Waals surface area contributed by atoms with Crippen molar-refractivity contribution in [1.29, 1.82) is 0 Å². The Morgan fingerprint density at radius 2 is 1.89 bits per heavy atom. The molecule has 1 saturated heterocycles. The number of carbonyl (C=O) groups is 2. The summed E-state index contributed by atoms with van der Waals surface area (Å²) < 4.78 is 10.5. The number of hydrogen-bond acceptors (Lipinski definition) is 5. The number of methoxy groups -OCH3 is 2. The minimum absolute atomic E-state index is 0.0119. The molecule has 2 aromatic carbocycles. The third-order valence-corrected chi connectivity index (χ3v) is 7.94. The van der Waals surface area contributed by atoms with Crippen LogP contribution in [0.15, 0.2) is 42.5 Å². The summed E-state index contributed by atoms with van der Waals surface area (Å²) in [6, 6.07) is 13.1. The SMILES string of the molecule is CCCN(C(=O)[C@@H]1CN(CC2CC2)C(C)(C)C1c1cccc(Cl)c1)c1ccc(C(=O)OC)cc1OC. The van der Waals surface area contributed by atoms with E-state index in [9.17, 15) is 9.59 Å². The van der Waals surface area contributed by atoms with Crippen LogP contribution in [0.1, 0.15) is 61.9 Å². The number of ether oxygens (including phenoxy) is 2. The van der Waals surface area contributed by atoms with Gasteiger partial charge < -0.3 is 14.4 Å². The second-order valence-electron chi connectivity index (χ2n) is 10.5. The van der Waals surface area contributed by atoms with Gasteiger partial charge in [-0.15, -0.1) is 0 Å². The van der Waals surface area contributed by atoms with E-state index in [1.807, 2.05) is 23.1 Å². The van der Waals surface area contributed by atoms with Gasteiger partial charge in [-0.1, -0.05) is 30.7 Å². The average Bonchev–Trinajstić information content (AvgIpc) is 3.64. The van der Waals surface area contributed by atoms with Crippen molar-refractivity contribution in [2.24, 2.45) is 11.8 Å². The summed E-state index contributed by atoms with van der Waals surface area (Å²) in [5.74, 6) is 0.567. The van der Waals surface area contributed by atoms with Gasteiger partial charge in [0.15, 0.2) is 0 Å². The highest BCUT2D eigenvalue weighted by Gasteiger charge is 2.52. The van der Waals surface area contributed by atoms with Crippen LogP contribution in [0, 0.1) is 11.8 Å². The molecule has 36 heavy (non-hydrogen) atoms. The van der Waals surface area contributed by atoms with Crippen molar-refractivity contribution < 1.29 is 19.1 Å². The van der Waals surface area contributed by atoms with Crippen LogP contribution in [0.2, 0.25) is 5.02 Å². The van der Waals surface area contributed by atoms with Crippen molar-refractivity contribution in [3.05, 3.63) is 58.6 Å². The highest BCUT2D eigenvalue weighted by atomic mass is 35.5. The number of esters is 1. The van der Waals surface area contributed by atoms with Gasteiger partial charge in [0, 0.05) is 36.1 Å². The first kappa shape index (κ1) is 26.5. The second kappa shape index (κ2) is 10.8. The number of halogens is 1. The lowest BCUT2D eigenvalue weighted by Gasteiger charge is -2.37. The molecule has 2 aliphatic rings. The van der Waals surface area contributed by atoms with Gasteiger partial charge in [-0.05, 0) is 74.9 Å². The van der Waals surface area contributed by atoms with Crippen LogP contribution in [-0.4, -0.2) is 56.2 Å². The van der Waals surface area contributed by atoms with E-state index in [2.05, 4.69) is 31.7 Å². The Labute approximate surface area is 219 Å². The molecular weight excluding hydrogens is 476 g/mol. The Morgan fingerprint density at radius 1 is 1.14 bits per heavy atom. The number of likely N-dealkylation sites (tertiary alicyclic amines) is 1. The predicted octanol–water partition coefficient (Wildman–Crippen LogP) is 5.78. The first-order chi connectivity index (χ1) is 17.2. The van der Waals surface area contributed by atoms with E-state index >= 15 is 0 Å². The van der Waals surface area contributed by atoms with Crippen molar-refractivity contribution in [1.82, 2.24) is 4.90 Å². The quantitative estimate of drug-likeness (QED) is 0.398. The van der Waals surface area contributed by atoms with Crippen LogP contribution in [0.4, 0.5) is 5.69 Å². The predicted molar refractivity (Wildman–Crippen MR) is 143 cm³/mol. The third-order valence-electron chi connectivity index (χ3n) is 7.70. The molecule has 2 fully saturated rings. The minimum atomic E-state index is -0.442. The van der Waals surface area contributed by atoms with Crippen LogP contribution in [-0.2, 0) is 9.53 Å². The summed E-state index contributed by atoms with van der Waals surface area (Å²) in [5, 5.41) is 0.681. The number of amides is 1. The summed E-state index contributed by atoms with van der Waals surface area (Å²) in [6.07, 6.45) is 3.31. The lowest BCUT2D eigenvalue weighted by molar-refractivity contribution is -0.122. The molecule has 2 atom stereocenters. The van der Waals surface area contributed by atoms with Gasteiger partial charge in [0.1, 0.15) is 5.75 Å². The molecule has 1 unspecified atom stereocenters.